The van der Waals surface area contributed by atoms with Gasteiger partial charge in [0.1, 0.15) is 11.6 Å². The normalized spacial score (nSPS) is 16.2. The Bertz CT molecular complexity index is 689. The van der Waals surface area contributed by atoms with Gasteiger partial charge in [-0.15, -0.1) is 10.2 Å². The molecule has 0 aliphatic carbocycles. The minimum absolute atomic E-state index is 0.226. The number of hydrogen-bond donors (Lipinski definition) is 2. The highest BCUT2D eigenvalue weighted by molar-refractivity contribution is 7.15. The van der Waals surface area contributed by atoms with Gasteiger partial charge in [0, 0.05) is 5.92 Å². The van der Waals surface area contributed by atoms with Gasteiger partial charge in [0.15, 0.2) is 17.6 Å². The average molecular weight is 334 g/mol. The minimum atomic E-state index is -0.334. The van der Waals surface area contributed by atoms with Gasteiger partial charge >= 0.3 is 6.03 Å². The molecule has 8 heteroatoms. The van der Waals surface area contributed by atoms with E-state index >= 15 is 0 Å². The number of rotatable bonds is 4. The number of hydrogen-bond acceptors (Lipinski definition) is 6. The molecule has 7 nitrogen and oxygen atoms in total. The zero-order chi connectivity index (χ0) is 16.2. The molecule has 2 N–H and O–H groups in total. The number of ether oxygens (including phenoxy) is 2. The van der Waals surface area contributed by atoms with Crippen molar-refractivity contribution in [3.63, 3.8) is 0 Å². The van der Waals surface area contributed by atoms with E-state index < -0.39 is 0 Å². The third-order valence-electron chi connectivity index (χ3n) is 3.21. The second kappa shape index (κ2) is 6.82. The Morgan fingerprint density at radius 1 is 1.35 bits per heavy atom. The van der Waals surface area contributed by atoms with Crippen molar-refractivity contribution in [1.82, 2.24) is 15.5 Å². The molecule has 23 heavy (non-hydrogen) atoms. The first-order valence-electron chi connectivity index (χ1n) is 7.38. The van der Waals surface area contributed by atoms with Crippen molar-refractivity contribution in [2.45, 2.75) is 25.9 Å². The van der Waals surface area contributed by atoms with Crippen LogP contribution in [0.15, 0.2) is 24.3 Å². The molecule has 0 bridgehead atoms. The Labute approximate surface area is 138 Å². The molecule has 122 valence electrons. The van der Waals surface area contributed by atoms with Crippen LogP contribution in [-0.4, -0.2) is 35.5 Å². The molecule has 0 saturated carbocycles. The van der Waals surface area contributed by atoms with Gasteiger partial charge in [0.2, 0.25) is 5.13 Å². The number of amides is 2. The van der Waals surface area contributed by atoms with Crippen LogP contribution < -0.4 is 20.1 Å². The third kappa shape index (κ3) is 3.89. The fraction of sp³-hybridized carbons (Fsp3) is 0.400. The second-order valence-corrected chi connectivity index (χ2v) is 6.44. The van der Waals surface area contributed by atoms with Gasteiger partial charge in [-0.3, -0.25) is 5.32 Å². The molecule has 2 heterocycles. The van der Waals surface area contributed by atoms with Gasteiger partial charge < -0.3 is 14.8 Å². The van der Waals surface area contributed by atoms with E-state index in [0.717, 1.165) is 10.8 Å². The smallest absolute Gasteiger partial charge is 0.321 e. The summed E-state index contributed by atoms with van der Waals surface area (Å²) in [7, 11) is 0. The van der Waals surface area contributed by atoms with Gasteiger partial charge in [-0.1, -0.05) is 37.3 Å². The molecule has 1 aliphatic rings. The van der Waals surface area contributed by atoms with Crippen LogP contribution in [0.5, 0.6) is 11.5 Å². The predicted molar refractivity (Wildman–Crippen MR) is 87.4 cm³/mol. The van der Waals surface area contributed by atoms with E-state index in [1.165, 1.54) is 11.3 Å². The Hall–Kier alpha value is -2.35. The number of anilines is 1. The van der Waals surface area contributed by atoms with Crippen LogP contribution >= 0.6 is 11.3 Å². The van der Waals surface area contributed by atoms with E-state index in [1.807, 2.05) is 38.1 Å². The maximum Gasteiger partial charge on any atom is 0.321 e. The van der Waals surface area contributed by atoms with Crippen molar-refractivity contribution in [2.24, 2.45) is 0 Å². The molecular formula is C15H18N4O3S. The van der Waals surface area contributed by atoms with E-state index in [2.05, 4.69) is 20.8 Å². The number of carbonyl (C=O) groups excluding carboxylic acids is 1. The number of nitrogens with one attached hydrogen (secondary N) is 2. The fourth-order valence-corrected chi connectivity index (χ4v) is 2.77. The van der Waals surface area contributed by atoms with Gasteiger partial charge in [-0.2, -0.15) is 0 Å². The summed E-state index contributed by atoms with van der Waals surface area (Å²) in [5.41, 5.74) is 0. The monoisotopic (exact) mass is 334 g/mol. The first-order chi connectivity index (χ1) is 11.1. The lowest BCUT2D eigenvalue weighted by atomic mass is 10.2. The summed E-state index contributed by atoms with van der Waals surface area (Å²) in [5, 5.41) is 14.8. The number of nitrogens with zero attached hydrogens (tertiary/aromatic N) is 2. The zero-order valence-electron chi connectivity index (χ0n) is 12.9. The van der Waals surface area contributed by atoms with Crippen molar-refractivity contribution in [3.05, 3.63) is 29.3 Å². The predicted octanol–water partition coefficient (Wildman–Crippen LogP) is 2.62. The highest BCUT2D eigenvalue weighted by Crippen LogP contribution is 2.30. The molecule has 1 aliphatic heterocycles. The third-order valence-corrected chi connectivity index (χ3v) is 4.35. The molecule has 1 aromatic carbocycles. The first-order valence-corrected chi connectivity index (χ1v) is 8.20. The van der Waals surface area contributed by atoms with Crippen molar-refractivity contribution in [3.8, 4) is 11.5 Å². The van der Waals surface area contributed by atoms with Crippen LogP contribution in [0.4, 0.5) is 9.93 Å². The zero-order valence-corrected chi connectivity index (χ0v) is 13.7. The van der Waals surface area contributed by atoms with Crippen molar-refractivity contribution in [1.29, 1.82) is 0 Å². The van der Waals surface area contributed by atoms with Gasteiger partial charge in [0.05, 0.1) is 6.54 Å². The Morgan fingerprint density at radius 3 is 2.87 bits per heavy atom. The van der Waals surface area contributed by atoms with Crippen molar-refractivity contribution in [2.75, 3.05) is 18.5 Å². The summed E-state index contributed by atoms with van der Waals surface area (Å²) in [6.45, 7) is 4.80. The number of carbonyl (C=O) groups is 1. The lowest BCUT2D eigenvalue weighted by Crippen LogP contribution is -2.42. The van der Waals surface area contributed by atoms with E-state index in [-0.39, 0.29) is 12.1 Å². The average Bonchev–Trinajstić information content (AvgIpc) is 3.01. The first kappa shape index (κ1) is 15.5. The summed E-state index contributed by atoms with van der Waals surface area (Å²) in [4.78, 5) is 11.9. The highest BCUT2D eigenvalue weighted by atomic mass is 32.1. The van der Waals surface area contributed by atoms with Crippen LogP contribution in [0.3, 0.4) is 0 Å². The second-order valence-electron chi connectivity index (χ2n) is 5.43. The maximum atomic E-state index is 11.9. The molecule has 3 rings (SSSR count). The molecule has 0 fully saturated rings. The van der Waals surface area contributed by atoms with Gasteiger partial charge in [-0.05, 0) is 12.1 Å². The molecule has 0 spiro atoms. The standard InChI is InChI=1S/C15H18N4O3S/c1-9(2)13-18-19-15(23-13)17-14(20)16-7-10-8-21-11-5-3-4-6-12(11)22-10/h3-6,9-10H,7-8H2,1-2H3,(H2,16,17,19,20). The van der Waals surface area contributed by atoms with Gasteiger partial charge in [0.25, 0.3) is 0 Å². The molecular weight excluding hydrogens is 316 g/mol. The highest BCUT2D eigenvalue weighted by Gasteiger charge is 2.21. The Morgan fingerprint density at radius 2 is 2.13 bits per heavy atom. The topological polar surface area (TPSA) is 85.4 Å². The fourth-order valence-electron chi connectivity index (χ4n) is 2.03. The molecule has 2 aromatic rings. The number of para-hydroxylation sites is 2. The number of aromatic nitrogens is 2. The Kier molecular flexibility index (Phi) is 4.61. The SMILES string of the molecule is CC(C)c1nnc(NC(=O)NCC2COc3ccccc3O2)s1. The lowest BCUT2D eigenvalue weighted by molar-refractivity contribution is 0.0922. The number of fused-ring (bicyclic) bond motifs is 1. The molecule has 0 radical (unpaired) electrons. The van der Waals surface area contributed by atoms with Crippen LogP contribution in [0.1, 0.15) is 24.8 Å². The van der Waals surface area contributed by atoms with Crippen LogP contribution in [0.2, 0.25) is 0 Å². The number of urea groups is 1. The molecule has 1 atom stereocenters. The van der Waals surface area contributed by atoms with E-state index in [1.54, 1.807) is 0 Å². The molecule has 2 amide bonds. The summed E-state index contributed by atoms with van der Waals surface area (Å²) >= 11 is 1.37. The molecule has 1 unspecified atom stereocenters. The lowest BCUT2D eigenvalue weighted by Gasteiger charge is -2.26. The maximum absolute atomic E-state index is 11.9. The van der Waals surface area contributed by atoms with Crippen molar-refractivity contribution >= 4 is 22.5 Å². The van der Waals surface area contributed by atoms with Crippen LogP contribution in [-0.2, 0) is 0 Å². The van der Waals surface area contributed by atoms with E-state index in [9.17, 15) is 4.79 Å². The molecule has 0 saturated heterocycles. The van der Waals surface area contributed by atoms with Gasteiger partial charge in [-0.25, -0.2) is 4.79 Å². The number of benzene rings is 1. The molecule has 1 aromatic heterocycles. The van der Waals surface area contributed by atoms with Crippen LogP contribution in [0, 0.1) is 0 Å². The minimum Gasteiger partial charge on any atom is -0.486 e. The van der Waals surface area contributed by atoms with Crippen LogP contribution in [0.25, 0.3) is 0 Å². The van der Waals surface area contributed by atoms with Crippen molar-refractivity contribution < 1.29 is 14.3 Å². The summed E-state index contributed by atoms with van der Waals surface area (Å²) in [6.07, 6.45) is -0.226. The van der Waals surface area contributed by atoms with E-state index in [4.69, 9.17) is 9.47 Å². The summed E-state index contributed by atoms with van der Waals surface area (Å²) in [5.74, 6) is 1.71. The summed E-state index contributed by atoms with van der Waals surface area (Å²) in [6, 6.07) is 7.14. The summed E-state index contributed by atoms with van der Waals surface area (Å²) < 4.78 is 11.4. The quantitative estimate of drug-likeness (QED) is 0.898. The van der Waals surface area contributed by atoms with E-state index in [0.29, 0.717) is 30.0 Å². The Balaban J connectivity index is 1.48. The largest absolute Gasteiger partial charge is 0.486 e.